The zero-order chi connectivity index (χ0) is 14.3. The molecule has 1 aromatic heterocycles. The normalized spacial score (nSPS) is 11.5. The van der Waals surface area contributed by atoms with Crippen LogP contribution in [0.3, 0.4) is 0 Å². The van der Waals surface area contributed by atoms with Crippen LogP contribution >= 0.6 is 7.92 Å². The number of hydrogen-bond donors (Lipinski definition) is 1. The molecule has 0 spiro atoms. The Morgan fingerprint density at radius 1 is 1.16 bits per heavy atom. The smallest absolute Gasteiger partial charge is 0.218 e. The Hall–Kier alpha value is -0.930. The molecule has 0 aliphatic carbocycles. The summed E-state index contributed by atoms with van der Waals surface area (Å²) in [4.78, 5) is 7.77. The van der Waals surface area contributed by atoms with Gasteiger partial charge in [-0.1, -0.05) is 35.6 Å². The number of nitrogen functional groups attached to an aromatic ring is 1. The molecule has 0 aliphatic rings. The summed E-state index contributed by atoms with van der Waals surface area (Å²) in [6, 6.07) is 1.61. The highest BCUT2D eigenvalue weighted by Crippen LogP contribution is 2.45. The van der Waals surface area contributed by atoms with Crippen LogP contribution in [0.5, 0.6) is 5.88 Å². The van der Waals surface area contributed by atoms with E-state index in [0.717, 1.165) is 6.35 Å². The summed E-state index contributed by atoms with van der Waals surface area (Å²) in [5.74, 6) is 0.903. The minimum atomic E-state index is -0.0781. The number of nitrogens with zero attached hydrogens (tertiary/aromatic N) is 2. The van der Waals surface area contributed by atoms with E-state index in [4.69, 9.17) is 15.2 Å². The van der Waals surface area contributed by atoms with Crippen LogP contribution in [0.1, 0.15) is 27.7 Å². The molecule has 0 bridgehead atoms. The second kappa shape index (κ2) is 8.28. The quantitative estimate of drug-likeness (QED) is 0.587. The van der Waals surface area contributed by atoms with Gasteiger partial charge in [0.15, 0.2) is 0 Å². The molecule has 5 nitrogen and oxygen atoms in total. The van der Waals surface area contributed by atoms with Gasteiger partial charge in [-0.15, -0.1) is 0 Å². The van der Waals surface area contributed by atoms with E-state index >= 15 is 0 Å². The van der Waals surface area contributed by atoms with E-state index in [1.807, 2.05) is 0 Å². The van der Waals surface area contributed by atoms with E-state index < -0.39 is 0 Å². The van der Waals surface area contributed by atoms with Crippen molar-refractivity contribution in [2.75, 3.05) is 25.3 Å². The number of ether oxygens (including phenoxy) is 2. The fourth-order valence-corrected chi connectivity index (χ4v) is 3.83. The summed E-state index contributed by atoms with van der Waals surface area (Å²) in [5.41, 5.74) is 6.92. The average Bonchev–Trinajstić information content (AvgIpc) is 2.32. The van der Waals surface area contributed by atoms with Crippen LogP contribution in [-0.2, 0) is 4.74 Å². The van der Waals surface area contributed by atoms with Crippen LogP contribution in [0, 0.1) is 0 Å². The van der Waals surface area contributed by atoms with E-state index in [1.165, 1.54) is 6.33 Å². The molecule has 1 rings (SSSR count). The predicted molar refractivity (Wildman–Crippen MR) is 80.0 cm³/mol. The fourth-order valence-electron chi connectivity index (χ4n) is 1.70. The molecular weight excluding hydrogens is 261 g/mol. The van der Waals surface area contributed by atoms with Gasteiger partial charge in [-0.3, -0.25) is 0 Å². The highest BCUT2D eigenvalue weighted by Gasteiger charge is 2.16. The lowest BCUT2D eigenvalue weighted by Gasteiger charge is -2.25. The van der Waals surface area contributed by atoms with Gasteiger partial charge in [0.2, 0.25) is 5.88 Å². The monoisotopic (exact) mass is 285 g/mol. The molecule has 0 radical (unpaired) electrons. The van der Waals surface area contributed by atoms with Crippen LogP contribution in [0.25, 0.3) is 0 Å². The third-order valence-corrected chi connectivity index (χ3v) is 5.84. The number of rotatable bonds is 8. The maximum absolute atomic E-state index is 5.70. The summed E-state index contributed by atoms with van der Waals surface area (Å²) in [5, 5.41) is 0. The minimum Gasteiger partial charge on any atom is -0.475 e. The molecule has 6 heteroatoms. The molecule has 0 aromatic carbocycles. The Kier molecular flexibility index (Phi) is 7.03. The molecule has 2 N–H and O–H groups in total. The summed E-state index contributed by atoms with van der Waals surface area (Å²) < 4.78 is 11.1. The third-order valence-electron chi connectivity index (χ3n) is 2.71. The molecule has 1 aromatic rings. The largest absolute Gasteiger partial charge is 0.475 e. The van der Waals surface area contributed by atoms with Crippen molar-refractivity contribution in [3.63, 3.8) is 0 Å². The van der Waals surface area contributed by atoms with Gasteiger partial charge in [-0.05, 0) is 11.3 Å². The summed E-state index contributed by atoms with van der Waals surface area (Å²) in [6.45, 7) is 10.1. The van der Waals surface area contributed by atoms with Gasteiger partial charge in [-0.2, -0.15) is 0 Å². The van der Waals surface area contributed by atoms with E-state index in [9.17, 15) is 0 Å². The Bertz CT molecular complexity index is 367. The van der Waals surface area contributed by atoms with Gasteiger partial charge in [0.05, 0.1) is 13.0 Å². The first kappa shape index (κ1) is 16.1. The maximum Gasteiger partial charge on any atom is 0.218 e. The zero-order valence-corrected chi connectivity index (χ0v) is 13.1. The molecule has 0 fully saturated rings. The number of nitrogens with two attached hydrogens (primary N) is 1. The summed E-state index contributed by atoms with van der Waals surface area (Å²) in [7, 11) is -0.0781. The SMILES string of the molecule is CC(C)P(COCCOc1cc(N)ncn1)C(C)C. The molecule has 0 saturated carbocycles. The van der Waals surface area contributed by atoms with Crippen LogP contribution in [0.4, 0.5) is 5.82 Å². The Morgan fingerprint density at radius 3 is 2.42 bits per heavy atom. The van der Waals surface area contributed by atoms with Crippen LogP contribution < -0.4 is 10.5 Å². The van der Waals surface area contributed by atoms with Gasteiger partial charge < -0.3 is 15.2 Å². The number of aromatic nitrogens is 2. The van der Waals surface area contributed by atoms with Crippen molar-refractivity contribution >= 4 is 13.7 Å². The average molecular weight is 285 g/mol. The van der Waals surface area contributed by atoms with E-state index in [-0.39, 0.29) is 7.92 Å². The lowest BCUT2D eigenvalue weighted by Crippen LogP contribution is -2.12. The molecule has 0 atom stereocenters. The second-order valence-corrected chi connectivity index (χ2v) is 8.22. The molecule has 0 unspecified atom stereocenters. The Labute approximate surface area is 116 Å². The van der Waals surface area contributed by atoms with Gasteiger partial charge in [-0.25, -0.2) is 9.97 Å². The Morgan fingerprint density at radius 2 is 1.84 bits per heavy atom. The van der Waals surface area contributed by atoms with Crippen LogP contribution in [0.2, 0.25) is 0 Å². The third kappa shape index (κ3) is 6.17. The molecule has 108 valence electrons. The lowest BCUT2D eigenvalue weighted by atomic mass is 10.5. The standard InChI is InChI=1S/C13H24N3O2P/c1-10(2)19(11(3)4)9-17-5-6-18-13-7-12(14)15-8-16-13/h7-8,10-11H,5-6,9H2,1-4H3,(H2,14,15,16). The van der Waals surface area contributed by atoms with Crippen LogP contribution in [0.15, 0.2) is 12.4 Å². The summed E-state index contributed by atoms with van der Waals surface area (Å²) in [6.07, 6.45) is 2.22. The fraction of sp³-hybridized carbons (Fsp3) is 0.692. The first-order valence-electron chi connectivity index (χ1n) is 6.54. The van der Waals surface area contributed by atoms with Crippen molar-refractivity contribution in [2.45, 2.75) is 39.0 Å². The van der Waals surface area contributed by atoms with Crippen molar-refractivity contribution in [2.24, 2.45) is 0 Å². The minimum absolute atomic E-state index is 0.0781. The first-order valence-corrected chi connectivity index (χ1v) is 8.21. The van der Waals surface area contributed by atoms with Crippen molar-refractivity contribution in [1.82, 2.24) is 9.97 Å². The second-order valence-electron chi connectivity index (χ2n) is 4.87. The zero-order valence-electron chi connectivity index (χ0n) is 12.2. The van der Waals surface area contributed by atoms with Gasteiger partial charge >= 0.3 is 0 Å². The summed E-state index contributed by atoms with van der Waals surface area (Å²) >= 11 is 0. The van der Waals surface area contributed by atoms with Crippen molar-refractivity contribution < 1.29 is 9.47 Å². The van der Waals surface area contributed by atoms with Crippen LogP contribution in [-0.4, -0.2) is 40.8 Å². The molecule has 0 aliphatic heterocycles. The lowest BCUT2D eigenvalue weighted by molar-refractivity contribution is 0.130. The highest BCUT2D eigenvalue weighted by molar-refractivity contribution is 7.58. The van der Waals surface area contributed by atoms with Crippen molar-refractivity contribution in [3.05, 3.63) is 12.4 Å². The predicted octanol–water partition coefficient (Wildman–Crippen LogP) is 2.71. The Balaban J connectivity index is 2.20. The highest BCUT2D eigenvalue weighted by atomic mass is 31.1. The molecule has 0 saturated heterocycles. The number of anilines is 1. The first-order chi connectivity index (χ1) is 9.00. The van der Waals surface area contributed by atoms with Gasteiger partial charge in [0, 0.05) is 6.07 Å². The number of hydrogen-bond acceptors (Lipinski definition) is 5. The molecule has 0 amide bonds. The van der Waals surface area contributed by atoms with E-state index in [1.54, 1.807) is 6.07 Å². The topological polar surface area (TPSA) is 70.3 Å². The van der Waals surface area contributed by atoms with Gasteiger partial charge in [0.25, 0.3) is 0 Å². The maximum atomic E-state index is 5.70. The molecule has 19 heavy (non-hydrogen) atoms. The van der Waals surface area contributed by atoms with Crippen molar-refractivity contribution in [3.8, 4) is 5.88 Å². The van der Waals surface area contributed by atoms with Crippen molar-refractivity contribution in [1.29, 1.82) is 0 Å². The molecule has 1 heterocycles. The molecular formula is C13H24N3O2P. The van der Waals surface area contributed by atoms with Gasteiger partial charge in [0.1, 0.15) is 18.8 Å². The van der Waals surface area contributed by atoms with E-state index in [2.05, 4.69) is 37.7 Å². The van der Waals surface area contributed by atoms with E-state index in [0.29, 0.717) is 36.2 Å².